The van der Waals surface area contributed by atoms with Crippen LogP contribution >= 0.6 is 0 Å². The molecule has 6 heteroatoms. The average molecular weight is 297 g/mol. The van der Waals surface area contributed by atoms with Gasteiger partial charge in [0.2, 0.25) is 0 Å². The lowest BCUT2D eigenvalue weighted by Crippen LogP contribution is -2.46. The molecule has 1 aliphatic carbocycles. The quantitative estimate of drug-likeness (QED) is 0.804. The van der Waals surface area contributed by atoms with Crippen molar-refractivity contribution in [3.8, 4) is 0 Å². The number of carbonyl (C=O) groups excluding carboxylic acids is 1. The highest BCUT2D eigenvalue weighted by Crippen LogP contribution is 2.24. The predicted octanol–water partition coefficient (Wildman–Crippen LogP) is 1.37. The molecule has 1 heterocycles. The lowest BCUT2D eigenvalue weighted by Gasteiger charge is -2.29. The van der Waals surface area contributed by atoms with Gasteiger partial charge in [0.05, 0.1) is 5.92 Å². The van der Waals surface area contributed by atoms with Crippen LogP contribution in [0, 0.1) is 5.92 Å². The number of nitrogens with one attached hydrogen (secondary N) is 1. The second kappa shape index (κ2) is 7.64. The standard InChI is InChI=1S/C15H27N3O3/c1-17(10-11-18-8-2-3-9-18)15(21)16-13-6-4-12(5-7-13)14(19)20/h12-13H,2-11H2,1H3,(H,16,21)(H,19,20). The number of nitrogens with zero attached hydrogens (tertiary/aromatic N) is 2. The molecule has 1 saturated heterocycles. The number of aliphatic carboxylic acids is 1. The number of carboxylic acid groups (broad SMARTS) is 1. The number of likely N-dealkylation sites (N-methyl/N-ethyl adjacent to an activating group) is 1. The molecule has 2 fully saturated rings. The molecule has 0 spiro atoms. The first-order chi connectivity index (χ1) is 10.1. The number of hydrogen-bond donors (Lipinski definition) is 2. The van der Waals surface area contributed by atoms with E-state index in [1.54, 1.807) is 4.90 Å². The fraction of sp³-hybridized carbons (Fsp3) is 0.867. The Balaban J connectivity index is 1.65. The summed E-state index contributed by atoms with van der Waals surface area (Å²) in [5, 5.41) is 12.0. The minimum Gasteiger partial charge on any atom is -0.481 e. The molecule has 120 valence electrons. The Morgan fingerprint density at radius 3 is 2.38 bits per heavy atom. The third-order valence-electron chi connectivity index (χ3n) is 4.70. The van der Waals surface area contributed by atoms with Crippen molar-refractivity contribution >= 4 is 12.0 Å². The number of urea groups is 1. The van der Waals surface area contributed by atoms with Gasteiger partial charge in [0.25, 0.3) is 0 Å². The molecule has 6 nitrogen and oxygen atoms in total. The summed E-state index contributed by atoms with van der Waals surface area (Å²) in [4.78, 5) is 27.1. The Labute approximate surface area is 126 Å². The van der Waals surface area contributed by atoms with Crippen LogP contribution in [0.25, 0.3) is 0 Å². The Kier molecular flexibility index (Phi) is 5.85. The Morgan fingerprint density at radius 1 is 1.19 bits per heavy atom. The van der Waals surface area contributed by atoms with Crippen LogP contribution in [0.3, 0.4) is 0 Å². The van der Waals surface area contributed by atoms with Crippen molar-refractivity contribution < 1.29 is 14.7 Å². The molecule has 21 heavy (non-hydrogen) atoms. The first-order valence-electron chi connectivity index (χ1n) is 8.03. The van der Waals surface area contributed by atoms with E-state index < -0.39 is 5.97 Å². The molecule has 2 rings (SSSR count). The zero-order valence-electron chi connectivity index (χ0n) is 12.9. The van der Waals surface area contributed by atoms with E-state index in [0.717, 1.165) is 39.0 Å². The maximum Gasteiger partial charge on any atom is 0.317 e. The van der Waals surface area contributed by atoms with Gasteiger partial charge in [0, 0.05) is 26.2 Å². The fourth-order valence-electron chi connectivity index (χ4n) is 3.17. The van der Waals surface area contributed by atoms with Crippen LogP contribution in [0.1, 0.15) is 38.5 Å². The van der Waals surface area contributed by atoms with Crippen LogP contribution in [-0.4, -0.2) is 66.2 Å². The van der Waals surface area contributed by atoms with Gasteiger partial charge in [0.1, 0.15) is 0 Å². The molecular formula is C15H27N3O3. The average Bonchev–Trinajstić information content (AvgIpc) is 2.98. The highest BCUT2D eigenvalue weighted by Gasteiger charge is 2.27. The second-order valence-corrected chi connectivity index (χ2v) is 6.31. The van der Waals surface area contributed by atoms with Crippen molar-refractivity contribution in [1.29, 1.82) is 0 Å². The van der Waals surface area contributed by atoms with Gasteiger partial charge in [-0.25, -0.2) is 4.79 Å². The van der Waals surface area contributed by atoms with Crippen molar-refractivity contribution in [2.75, 3.05) is 33.2 Å². The van der Waals surface area contributed by atoms with E-state index in [9.17, 15) is 9.59 Å². The largest absolute Gasteiger partial charge is 0.481 e. The van der Waals surface area contributed by atoms with Gasteiger partial charge >= 0.3 is 12.0 Å². The molecule has 2 amide bonds. The minimum atomic E-state index is -0.706. The van der Waals surface area contributed by atoms with Crippen LogP contribution in [0.5, 0.6) is 0 Å². The van der Waals surface area contributed by atoms with Crippen molar-refractivity contribution in [2.24, 2.45) is 5.92 Å². The third-order valence-corrected chi connectivity index (χ3v) is 4.70. The lowest BCUT2D eigenvalue weighted by molar-refractivity contribution is -0.142. The van der Waals surface area contributed by atoms with E-state index >= 15 is 0 Å². The van der Waals surface area contributed by atoms with Crippen molar-refractivity contribution in [2.45, 2.75) is 44.6 Å². The molecular weight excluding hydrogens is 270 g/mol. The number of likely N-dealkylation sites (tertiary alicyclic amines) is 1. The minimum absolute atomic E-state index is 0.0343. The maximum atomic E-state index is 12.1. The van der Waals surface area contributed by atoms with Crippen LogP contribution < -0.4 is 5.32 Å². The van der Waals surface area contributed by atoms with E-state index in [2.05, 4.69) is 10.2 Å². The zero-order chi connectivity index (χ0) is 15.2. The predicted molar refractivity (Wildman–Crippen MR) is 80.2 cm³/mol. The number of carbonyl (C=O) groups is 2. The molecule has 0 aromatic rings. The van der Waals surface area contributed by atoms with Crippen molar-refractivity contribution in [3.05, 3.63) is 0 Å². The smallest absolute Gasteiger partial charge is 0.317 e. The van der Waals surface area contributed by atoms with Crippen molar-refractivity contribution in [3.63, 3.8) is 0 Å². The van der Waals surface area contributed by atoms with Gasteiger partial charge in [-0.3, -0.25) is 4.79 Å². The summed E-state index contributed by atoms with van der Waals surface area (Å²) in [6.45, 7) is 3.98. The number of hydrogen-bond acceptors (Lipinski definition) is 3. The highest BCUT2D eigenvalue weighted by molar-refractivity contribution is 5.74. The summed E-state index contributed by atoms with van der Waals surface area (Å²) in [5.41, 5.74) is 0. The summed E-state index contributed by atoms with van der Waals surface area (Å²) < 4.78 is 0. The van der Waals surface area contributed by atoms with Gasteiger partial charge in [0.15, 0.2) is 0 Å². The molecule has 0 bridgehead atoms. The van der Waals surface area contributed by atoms with E-state index in [0.29, 0.717) is 12.8 Å². The van der Waals surface area contributed by atoms with E-state index in [1.165, 1.54) is 12.8 Å². The van der Waals surface area contributed by atoms with Crippen LogP contribution in [0.2, 0.25) is 0 Å². The summed E-state index contributed by atoms with van der Waals surface area (Å²) >= 11 is 0. The zero-order valence-corrected chi connectivity index (χ0v) is 12.9. The van der Waals surface area contributed by atoms with Crippen molar-refractivity contribution in [1.82, 2.24) is 15.1 Å². The molecule has 2 aliphatic rings. The van der Waals surface area contributed by atoms with Gasteiger partial charge in [-0.15, -0.1) is 0 Å². The molecule has 0 atom stereocenters. The molecule has 0 radical (unpaired) electrons. The van der Waals surface area contributed by atoms with E-state index in [1.807, 2.05) is 7.05 Å². The molecule has 0 aromatic heterocycles. The van der Waals surface area contributed by atoms with Crippen LogP contribution in [0.15, 0.2) is 0 Å². The summed E-state index contributed by atoms with van der Waals surface area (Å²) in [7, 11) is 1.83. The summed E-state index contributed by atoms with van der Waals surface area (Å²) in [6, 6.07) is 0.0929. The molecule has 1 aliphatic heterocycles. The second-order valence-electron chi connectivity index (χ2n) is 6.31. The molecule has 0 unspecified atom stereocenters. The van der Waals surface area contributed by atoms with Crippen LogP contribution in [-0.2, 0) is 4.79 Å². The van der Waals surface area contributed by atoms with E-state index in [4.69, 9.17) is 5.11 Å². The first kappa shape index (κ1) is 16.1. The Bertz CT molecular complexity index is 361. The van der Waals surface area contributed by atoms with Gasteiger partial charge < -0.3 is 20.2 Å². The lowest BCUT2D eigenvalue weighted by atomic mass is 9.86. The number of rotatable bonds is 5. The third kappa shape index (κ3) is 4.88. The SMILES string of the molecule is CN(CCN1CCCC1)C(=O)NC1CCC(C(=O)O)CC1. The van der Waals surface area contributed by atoms with Gasteiger partial charge in [-0.1, -0.05) is 0 Å². The summed E-state index contributed by atoms with van der Waals surface area (Å²) in [5.74, 6) is -0.937. The Morgan fingerprint density at radius 2 is 1.81 bits per heavy atom. The number of amides is 2. The summed E-state index contributed by atoms with van der Waals surface area (Å²) in [6.07, 6.45) is 5.40. The monoisotopic (exact) mass is 297 g/mol. The van der Waals surface area contributed by atoms with Crippen LogP contribution in [0.4, 0.5) is 4.79 Å². The first-order valence-corrected chi connectivity index (χ1v) is 8.03. The fourth-order valence-corrected chi connectivity index (χ4v) is 3.17. The Hall–Kier alpha value is -1.30. The maximum absolute atomic E-state index is 12.1. The molecule has 1 saturated carbocycles. The number of carboxylic acids is 1. The van der Waals surface area contributed by atoms with Gasteiger partial charge in [-0.05, 0) is 51.6 Å². The normalized spacial score (nSPS) is 26.5. The molecule has 0 aromatic carbocycles. The molecule has 2 N–H and O–H groups in total. The topological polar surface area (TPSA) is 72.9 Å². The highest BCUT2D eigenvalue weighted by atomic mass is 16.4. The van der Waals surface area contributed by atoms with Gasteiger partial charge in [-0.2, -0.15) is 0 Å². The van der Waals surface area contributed by atoms with E-state index in [-0.39, 0.29) is 18.0 Å².